The molecular formula is C22H22N4OS2. The second kappa shape index (κ2) is 8.39. The summed E-state index contributed by atoms with van der Waals surface area (Å²) in [6, 6.07) is 13.9. The number of carbonyl (C=O) groups excluding carboxylic acids is 1. The van der Waals surface area contributed by atoms with Crippen LogP contribution in [0.2, 0.25) is 0 Å². The number of amides is 1. The second-order valence-electron chi connectivity index (χ2n) is 6.88. The molecule has 4 aromatic rings. The van der Waals surface area contributed by atoms with Crippen LogP contribution in [0.3, 0.4) is 0 Å². The van der Waals surface area contributed by atoms with Gasteiger partial charge >= 0.3 is 0 Å². The van der Waals surface area contributed by atoms with Crippen LogP contribution < -0.4 is 4.90 Å². The standard InChI is InChI=1S/C22H22N4OS2/c1-15-12-16(2)20-19(13-15)29-22(24-20)26(11-10-25-9-5-8-23-25)21(27)17-6-4-7-18(14-17)28-3/h4-9,12-14H,10-11H2,1-3H3. The van der Waals surface area contributed by atoms with Crippen molar-refractivity contribution in [3.05, 3.63) is 71.5 Å². The number of thiazole rings is 1. The fraction of sp³-hybridized carbons (Fsp3) is 0.227. The number of carbonyl (C=O) groups is 1. The van der Waals surface area contributed by atoms with E-state index in [0.717, 1.165) is 25.8 Å². The van der Waals surface area contributed by atoms with Gasteiger partial charge in [0.2, 0.25) is 0 Å². The second-order valence-corrected chi connectivity index (χ2v) is 8.77. The lowest BCUT2D eigenvalue weighted by Gasteiger charge is -2.20. The predicted molar refractivity (Wildman–Crippen MR) is 121 cm³/mol. The average Bonchev–Trinajstić information content (AvgIpc) is 3.38. The Labute approximate surface area is 178 Å². The summed E-state index contributed by atoms with van der Waals surface area (Å²) in [6.07, 6.45) is 5.67. The van der Waals surface area contributed by atoms with Gasteiger partial charge in [-0.1, -0.05) is 23.5 Å². The predicted octanol–water partition coefficient (Wildman–Crippen LogP) is 5.18. The molecule has 0 aliphatic heterocycles. The molecule has 7 heteroatoms. The third-order valence-electron chi connectivity index (χ3n) is 4.72. The summed E-state index contributed by atoms with van der Waals surface area (Å²) < 4.78 is 2.94. The van der Waals surface area contributed by atoms with Gasteiger partial charge < -0.3 is 0 Å². The monoisotopic (exact) mass is 422 g/mol. The van der Waals surface area contributed by atoms with Crippen LogP contribution in [0, 0.1) is 13.8 Å². The molecule has 0 radical (unpaired) electrons. The highest BCUT2D eigenvalue weighted by molar-refractivity contribution is 7.98. The van der Waals surface area contributed by atoms with Crippen molar-refractivity contribution in [2.75, 3.05) is 17.7 Å². The van der Waals surface area contributed by atoms with Gasteiger partial charge in [0, 0.05) is 29.4 Å². The van der Waals surface area contributed by atoms with Crippen molar-refractivity contribution < 1.29 is 4.79 Å². The van der Waals surface area contributed by atoms with E-state index in [1.165, 1.54) is 5.56 Å². The van der Waals surface area contributed by atoms with E-state index < -0.39 is 0 Å². The van der Waals surface area contributed by atoms with Gasteiger partial charge in [-0.05, 0) is 61.6 Å². The Morgan fingerprint density at radius 1 is 1.21 bits per heavy atom. The molecule has 0 fully saturated rings. The van der Waals surface area contributed by atoms with Crippen molar-refractivity contribution in [1.29, 1.82) is 0 Å². The summed E-state index contributed by atoms with van der Waals surface area (Å²) in [4.78, 5) is 21.1. The molecule has 0 saturated heterocycles. The number of hydrogen-bond donors (Lipinski definition) is 0. The topological polar surface area (TPSA) is 51.0 Å². The SMILES string of the molecule is CSc1cccc(C(=O)N(CCn2cccn2)c2nc3c(C)cc(C)cc3s2)c1. The normalized spacial score (nSPS) is 11.1. The highest BCUT2D eigenvalue weighted by Gasteiger charge is 2.22. The van der Waals surface area contributed by atoms with Crippen molar-refractivity contribution in [2.45, 2.75) is 25.3 Å². The number of thioether (sulfide) groups is 1. The zero-order valence-electron chi connectivity index (χ0n) is 16.6. The molecule has 0 unspecified atom stereocenters. The molecule has 2 heterocycles. The van der Waals surface area contributed by atoms with Gasteiger partial charge in [-0.2, -0.15) is 5.10 Å². The molecule has 0 aliphatic carbocycles. The Morgan fingerprint density at radius 3 is 2.83 bits per heavy atom. The lowest BCUT2D eigenvalue weighted by Crippen LogP contribution is -2.34. The number of rotatable bonds is 6. The van der Waals surface area contributed by atoms with E-state index in [0.29, 0.717) is 18.7 Å². The van der Waals surface area contributed by atoms with Crippen LogP contribution in [0.5, 0.6) is 0 Å². The van der Waals surface area contributed by atoms with Gasteiger partial charge in [0.05, 0.1) is 16.8 Å². The molecule has 0 saturated carbocycles. The maximum absolute atomic E-state index is 13.5. The lowest BCUT2D eigenvalue weighted by atomic mass is 10.1. The van der Waals surface area contributed by atoms with Gasteiger partial charge in [-0.15, -0.1) is 11.8 Å². The highest BCUT2D eigenvalue weighted by Crippen LogP contribution is 2.32. The Hall–Kier alpha value is -2.64. The van der Waals surface area contributed by atoms with Gasteiger partial charge in [0.15, 0.2) is 5.13 Å². The van der Waals surface area contributed by atoms with Crippen LogP contribution in [0.1, 0.15) is 21.5 Å². The lowest BCUT2D eigenvalue weighted by molar-refractivity contribution is 0.0985. The minimum absolute atomic E-state index is 0.0403. The largest absolute Gasteiger partial charge is 0.282 e. The Balaban J connectivity index is 1.73. The zero-order valence-corrected chi connectivity index (χ0v) is 18.3. The molecule has 0 aliphatic rings. The third kappa shape index (κ3) is 4.21. The summed E-state index contributed by atoms with van der Waals surface area (Å²) in [7, 11) is 0. The molecule has 2 aromatic heterocycles. The van der Waals surface area contributed by atoms with Gasteiger partial charge in [-0.3, -0.25) is 14.4 Å². The molecule has 4 rings (SSSR count). The number of aromatic nitrogens is 3. The van der Waals surface area contributed by atoms with Crippen LogP contribution in [0.4, 0.5) is 5.13 Å². The van der Waals surface area contributed by atoms with Crippen molar-refractivity contribution in [1.82, 2.24) is 14.8 Å². The quantitative estimate of drug-likeness (QED) is 0.402. The first-order chi connectivity index (χ1) is 14.0. The average molecular weight is 423 g/mol. The van der Waals surface area contributed by atoms with E-state index in [9.17, 15) is 4.79 Å². The van der Waals surface area contributed by atoms with Gasteiger partial charge in [0.1, 0.15) is 0 Å². The molecule has 1 amide bonds. The maximum atomic E-state index is 13.5. The van der Waals surface area contributed by atoms with E-state index in [-0.39, 0.29) is 5.91 Å². The van der Waals surface area contributed by atoms with E-state index in [2.05, 4.69) is 31.1 Å². The molecule has 0 N–H and O–H groups in total. The smallest absolute Gasteiger partial charge is 0.260 e. The Kier molecular flexibility index (Phi) is 5.69. The van der Waals surface area contributed by atoms with Crippen LogP contribution in [0.25, 0.3) is 10.2 Å². The number of hydrogen-bond acceptors (Lipinski definition) is 5. The van der Waals surface area contributed by atoms with Crippen molar-refractivity contribution >= 4 is 44.4 Å². The zero-order chi connectivity index (χ0) is 20.4. The van der Waals surface area contributed by atoms with Crippen molar-refractivity contribution in [3.63, 3.8) is 0 Å². The van der Waals surface area contributed by atoms with Gasteiger partial charge in [-0.25, -0.2) is 4.98 Å². The summed E-state index contributed by atoms with van der Waals surface area (Å²) in [6.45, 7) is 5.26. The highest BCUT2D eigenvalue weighted by atomic mass is 32.2. The first kappa shape index (κ1) is 19.7. The van der Waals surface area contributed by atoms with Crippen molar-refractivity contribution in [2.24, 2.45) is 0 Å². The summed E-state index contributed by atoms with van der Waals surface area (Å²) >= 11 is 3.19. The number of benzene rings is 2. The molecule has 0 bridgehead atoms. The van der Waals surface area contributed by atoms with Crippen LogP contribution >= 0.6 is 23.1 Å². The first-order valence-electron chi connectivity index (χ1n) is 9.36. The van der Waals surface area contributed by atoms with E-state index >= 15 is 0 Å². The number of nitrogens with zero attached hydrogens (tertiary/aromatic N) is 4. The maximum Gasteiger partial charge on any atom is 0.260 e. The molecule has 2 aromatic carbocycles. The molecule has 5 nitrogen and oxygen atoms in total. The van der Waals surface area contributed by atoms with E-state index in [4.69, 9.17) is 4.98 Å². The first-order valence-corrected chi connectivity index (χ1v) is 11.4. The summed E-state index contributed by atoms with van der Waals surface area (Å²) in [5.74, 6) is -0.0403. The molecular weight excluding hydrogens is 400 g/mol. The molecule has 0 atom stereocenters. The number of fused-ring (bicyclic) bond motifs is 1. The molecule has 0 spiro atoms. The fourth-order valence-corrected chi connectivity index (χ4v) is 4.93. The van der Waals surface area contributed by atoms with Crippen LogP contribution in [-0.2, 0) is 6.54 Å². The van der Waals surface area contributed by atoms with E-state index in [1.807, 2.05) is 47.5 Å². The van der Waals surface area contributed by atoms with Crippen LogP contribution in [0.15, 0.2) is 59.8 Å². The summed E-state index contributed by atoms with van der Waals surface area (Å²) in [5, 5.41) is 4.99. The fourth-order valence-electron chi connectivity index (χ4n) is 3.31. The Morgan fingerprint density at radius 2 is 2.07 bits per heavy atom. The number of anilines is 1. The van der Waals surface area contributed by atoms with Crippen LogP contribution in [-0.4, -0.2) is 33.5 Å². The van der Waals surface area contributed by atoms with Gasteiger partial charge in [0.25, 0.3) is 5.91 Å². The van der Waals surface area contributed by atoms with Crippen molar-refractivity contribution in [3.8, 4) is 0 Å². The summed E-state index contributed by atoms with van der Waals surface area (Å²) in [5.41, 5.74) is 3.97. The molecule has 148 valence electrons. The third-order valence-corrected chi connectivity index (χ3v) is 6.47. The Bertz CT molecular complexity index is 1150. The number of aryl methyl sites for hydroxylation is 2. The minimum Gasteiger partial charge on any atom is -0.282 e. The molecule has 29 heavy (non-hydrogen) atoms. The minimum atomic E-state index is -0.0403. The van der Waals surface area contributed by atoms with E-state index in [1.54, 1.807) is 34.2 Å².